The maximum absolute atomic E-state index is 12.2. The number of nitrogens with zero attached hydrogens (tertiary/aromatic N) is 2. The highest BCUT2D eigenvalue weighted by Crippen LogP contribution is 2.22. The van der Waals surface area contributed by atoms with Gasteiger partial charge in [0.15, 0.2) is 5.16 Å². The van der Waals surface area contributed by atoms with E-state index >= 15 is 0 Å². The van der Waals surface area contributed by atoms with Crippen molar-refractivity contribution < 1.29 is 9.53 Å². The molecule has 0 spiro atoms. The zero-order chi connectivity index (χ0) is 15.2. The Bertz CT molecular complexity index is 595. The summed E-state index contributed by atoms with van der Waals surface area (Å²) in [4.78, 5) is 16.4. The third kappa shape index (κ3) is 4.26. The van der Waals surface area contributed by atoms with Crippen LogP contribution < -0.4 is 10.1 Å². The van der Waals surface area contributed by atoms with Gasteiger partial charge in [0, 0.05) is 25.1 Å². The Hall–Kier alpha value is -1.95. The molecule has 1 amide bonds. The Morgan fingerprint density at radius 1 is 1.43 bits per heavy atom. The average molecular weight is 305 g/mol. The monoisotopic (exact) mass is 305 g/mol. The van der Waals surface area contributed by atoms with Gasteiger partial charge < -0.3 is 14.6 Å². The van der Waals surface area contributed by atoms with Crippen LogP contribution in [0.4, 0.5) is 5.69 Å². The highest BCUT2D eigenvalue weighted by molar-refractivity contribution is 8.00. The van der Waals surface area contributed by atoms with E-state index in [4.69, 9.17) is 4.74 Å². The van der Waals surface area contributed by atoms with Crippen LogP contribution in [0.25, 0.3) is 0 Å². The third-order valence-electron chi connectivity index (χ3n) is 2.86. The molecule has 5 nitrogen and oxygen atoms in total. The minimum absolute atomic E-state index is 0.0489. The fraction of sp³-hybridized carbons (Fsp3) is 0.333. The van der Waals surface area contributed by atoms with Crippen LogP contribution in [0.5, 0.6) is 5.75 Å². The summed E-state index contributed by atoms with van der Waals surface area (Å²) < 4.78 is 7.26. The van der Waals surface area contributed by atoms with Crippen LogP contribution in [0.3, 0.4) is 0 Å². The molecule has 2 rings (SSSR count). The second-order valence-electron chi connectivity index (χ2n) is 4.53. The van der Waals surface area contributed by atoms with Gasteiger partial charge in [0.1, 0.15) is 5.75 Å². The molecule has 0 fully saturated rings. The smallest absolute Gasteiger partial charge is 0.237 e. The Morgan fingerprint density at radius 3 is 2.71 bits per heavy atom. The van der Waals surface area contributed by atoms with Crippen molar-refractivity contribution in [3.05, 3.63) is 36.7 Å². The predicted molar refractivity (Wildman–Crippen MR) is 84.8 cm³/mol. The summed E-state index contributed by atoms with van der Waals surface area (Å²) in [6.45, 7) is 4.43. The van der Waals surface area contributed by atoms with Gasteiger partial charge in [-0.3, -0.25) is 4.79 Å². The second-order valence-corrected chi connectivity index (χ2v) is 5.84. The molecule has 1 N–H and O–H groups in total. The lowest BCUT2D eigenvalue weighted by atomic mass is 10.3. The number of benzene rings is 1. The molecule has 1 heterocycles. The van der Waals surface area contributed by atoms with E-state index in [1.54, 1.807) is 6.20 Å². The maximum Gasteiger partial charge on any atom is 0.237 e. The molecule has 0 aliphatic rings. The Balaban J connectivity index is 1.92. The molecule has 0 aliphatic heterocycles. The number of aromatic nitrogens is 2. The minimum atomic E-state index is -0.224. The van der Waals surface area contributed by atoms with Crippen LogP contribution >= 0.6 is 11.8 Å². The third-order valence-corrected chi connectivity index (χ3v) is 4.03. The Labute approximate surface area is 128 Å². The van der Waals surface area contributed by atoms with Gasteiger partial charge in [-0.05, 0) is 38.1 Å². The second kappa shape index (κ2) is 7.17. The standard InChI is InChI=1S/C15H19N3O2S/c1-4-20-13-7-5-12(6-8-13)17-14(19)11(2)21-15-16-9-10-18(15)3/h5-11H,4H2,1-3H3,(H,17,19)/t11-/m0/s1. The van der Waals surface area contributed by atoms with Crippen molar-refractivity contribution in [3.8, 4) is 5.75 Å². The van der Waals surface area contributed by atoms with Crippen LogP contribution in [0.2, 0.25) is 0 Å². The molecule has 21 heavy (non-hydrogen) atoms. The normalized spacial score (nSPS) is 12.0. The number of amides is 1. The van der Waals surface area contributed by atoms with E-state index < -0.39 is 0 Å². The first-order valence-electron chi connectivity index (χ1n) is 6.78. The first kappa shape index (κ1) is 15.4. The number of rotatable bonds is 6. The molecule has 2 aromatic rings. The predicted octanol–water partition coefficient (Wildman–Crippen LogP) is 2.94. The van der Waals surface area contributed by atoms with E-state index in [0.717, 1.165) is 16.6 Å². The van der Waals surface area contributed by atoms with Crippen molar-refractivity contribution in [1.82, 2.24) is 9.55 Å². The van der Waals surface area contributed by atoms with Gasteiger partial charge in [-0.1, -0.05) is 11.8 Å². The number of hydrogen-bond acceptors (Lipinski definition) is 4. The van der Waals surface area contributed by atoms with Gasteiger partial charge in [0.25, 0.3) is 0 Å². The fourth-order valence-electron chi connectivity index (χ4n) is 1.72. The van der Waals surface area contributed by atoms with Crippen LogP contribution in [-0.4, -0.2) is 27.3 Å². The van der Waals surface area contributed by atoms with E-state index in [1.807, 2.05) is 55.9 Å². The quantitative estimate of drug-likeness (QED) is 0.834. The van der Waals surface area contributed by atoms with Crippen molar-refractivity contribution in [3.63, 3.8) is 0 Å². The summed E-state index contributed by atoms with van der Waals surface area (Å²) in [5.74, 6) is 0.748. The molecule has 0 bridgehead atoms. The molecule has 0 aliphatic carbocycles. The summed E-state index contributed by atoms with van der Waals surface area (Å²) in [6.07, 6.45) is 3.58. The van der Waals surface area contributed by atoms with Gasteiger partial charge in [-0.15, -0.1) is 0 Å². The number of nitrogens with one attached hydrogen (secondary N) is 1. The number of ether oxygens (including phenoxy) is 1. The highest BCUT2D eigenvalue weighted by atomic mass is 32.2. The summed E-state index contributed by atoms with van der Waals surface area (Å²) in [7, 11) is 1.91. The van der Waals surface area contributed by atoms with Crippen LogP contribution in [0.15, 0.2) is 41.8 Å². The van der Waals surface area contributed by atoms with Crippen molar-refractivity contribution >= 4 is 23.4 Å². The molecule has 0 saturated carbocycles. The number of imidazole rings is 1. The van der Waals surface area contributed by atoms with E-state index in [2.05, 4.69) is 10.3 Å². The van der Waals surface area contributed by atoms with Crippen LogP contribution in [-0.2, 0) is 11.8 Å². The van der Waals surface area contributed by atoms with Gasteiger partial charge in [0.05, 0.1) is 11.9 Å². The van der Waals surface area contributed by atoms with Gasteiger partial charge in [0.2, 0.25) is 5.91 Å². The molecule has 1 aromatic heterocycles. The largest absolute Gasteiger partial charge is 0.494 e. The Morgan fingerprint density at radius 2 is 2.14 bits per heavy atom. The van der Waals surface area contributed by atoms with Crippen molar-refractivity contribution in [2.24, 2.45) is 7.05 Å². The lowest BCUT2D eigenvalue weighted by Gasteiger charge is -2.12. The molecular weight excluding hydrogens is 286 g/mol. The fourth-order valence-corrected chi connectivity index (χ4v) is 2.55. The number of thioether (sulfide) groups is 1. The average Bonchev–Trinajstić information content (AvgIpc) is 2.86. The van der Waals surface area contributed by atoms with E-state index in [1.165, 1.54) is 11.8 Å². The first-order valence-corrected chi connectivity index (χ1v) is 7.66. The number of aryl methyl sites for hydroxylation is 1. The number of carbonyl (C=O) groups excluding carboxylic acids is 1. The molecule has 1 aromatic carbocycles. The molecular formula is C15H19N3O2S. The number of carbonyl (C=O) groups is 1. The lowest BCUT2D eigenvalue weighted by Crippen LogP contribution is -2.22. The molecule has 0 radical (unpaired) electrons. The molecule has 1 atom stereocenters. The van der Waals surface area contributed by atoms with Crippen LogP contribution in [0.1, 0.15) is 13.8 Å². The summed E-state index contributed by atoms with van der Waals surface area (Å²) in [5, 5.41) is 3.49. The van der Waals surface area contributed by atoms with Gasteiger partial charge in [-0.25, -0.2) is 4.98 Å². The zero-order valence-electron chi connectivity index (χ0n) is 12.4. The zero-order valence-corrected chi connectivity index (χ0v) is 13.2. The summed E-state index contributed by atoms with van der Waals surface area (Å²) >= 11 is 1.43. The van der Waals surface area contributed by atoms with Crippen LogP contribution in [0, 0.1) is 0 Å². The van der Waals surface area contributed by atoms with Gasteiger partial charge in [-0.2, -0.15) is 0 Å². The number of anilines is 1. The van der Waals surface area contributed by atoms with Gasteiger partial charge >= 0.3 is 0 Å². The molecule has 0 saturated heterocycles. The van der Waals surface area contributed by atoms with Crippen molar-refractivity contribution in [2.75, 3.05) is 11.9 Å². The Kier molecular flexibility index (Phi) is 5.27. The summed E-state index contributed by atoms with van der Waals surface area (Å²) in [6, 6.07) is 7.35. The maximum atomic E-state index is 12.2. The molecule has 6 heteroatoms. The molecule has 0 unspecified atom stereocenters. The SMILES string of the molecule is CCOc1ccc(NC(=O)[C@H](C)Sc2nccn2C)cc1. The van der Waals surface area contributed by atoms with E-state index in [9.17, 15) is 4.79 Å². The minimum Gasteiger partial charge on any atom is -0.494 e. The lowest BCUT2D eigenvalue weighted by molar-refractivity contribution is -0.115. The highest BCUT2D eigenvalue weighted by Gasteiger charge is 2.16. The van der Waals surface area contributed by atoms with E-state index in [0.29, 0.717) is 6.61 Å². The van der Waals surface area contributed by atoms with Crippen molar-refractivity contribution in [1.29, 1.82) is 0 Å². The first-order chi connectivity index (χ1) is 10.1. The number of hydrogen-bond donors (Lipinski definition) is 1. The summed E-state index contributed by atoms with van der Waals surface area (Å²) in [5.41, 5.74) is 0.760. The van der Waals surface area contributed by atoms with E-state index in [-0.39, 0.29) is 11.2 Å². The molecule has 112 valence electrons. The topological polar surface area (TPSA) is 56.1 Å². The van der Waals surface area contributed by atoms with Crippen molar-refractivity contribution in [2.45, 2.75) is 24.3 Å².